The first kappa shape index (κ1) is 14.2. The summed E-state index contributed by atoms with van der Waals surface area (Å²) in [7, 11) is 0. The Hall–Kier alpha value is -2.38. The molecule has 1 saturated heterocycles. The van der Waals surface area contributed by atoms with E-state index in [0.29, 0.717) is 12.1 Å². The van der Waals surface area contributed by atoms with Gasteiger partial charge in [-0.15, -0.1) is 0 Å². The van der Waals surface area contributed by atoms with Gasteiger partial charge < -0.3 is 5.32 Å². The minimum atomic E-state index is -0.150. The Balaban J connectivity index is 2.03. The highest BCUT2D eigenvalue weighted by molar-refractivity contribution is 5.54. The first-order valence-electron chi connectivity index (χ1n) is 8.26. The van der Waals surface area contributed by atoms with Gasteiger partial charge in [0.25, 0.3) is 0 Å². The average molecular weight is 299 g/mol. The molecule has 1 fully saturated rings. The first-order valence-corrected chi connectivity index (χ1v) is 8.26. The molecule has 2 atom stereocenters. The number of benzene rings is 3. The van der Waals surface area contributed by atoms with Crippen molar-refractivity contribution in [1.29, 1.82) is 0 Å². The minimum absolute atomic E-state index is 0.150. The van der Waals surface area contributed by atoms with Crippen molar-refractivity contribution < 1.29 is 0 Å². The third kappa shape index (κ3) is 2.29. The summed E-state index contributed by atoms with van der Waals surface area (Å²) >= 11 is 0. The van der Waals surface area contributed by atoms with Crippen molar-refractivity contribution in [2.24, 2.45) is 0 Å². The Bertz CT molecular complexity index is 668. The second-order valence-corrected chi connectivity index (χ2v) is 6.34. The number of hydrogen-bond donors (Lipinski definition) is 1. The molecule has 3 aromatic carbocycles. The van der Waals surface area contributed by atoms with E-state index >= 15 is 0 Å². The lowest BCUT2D eigenvalue weighted by Crippen LogP contribution is -2.37. The van der Waals surface area contributed by atoms with E-state index in [1.54, 1.807) is 0 Å². The lowest BCUT2D eigenvalue weighted by molar-refractivity contribution is 0.590. The SMILES string of the molecule is C[C@H]1N[C@@H]1C(c1ccccc1)(c1ccccc1)c1ccccc1. The Labute approximate surface area is 138 Å². The summed E-state index contributed by atoms with van der Waals surface area (Å²) in [6, 6.07) is 33.6. The van der Waals surface area contributed by atoms with Crippen LogP contribution in [0, 0.1) is 0 Å². The largest absolute Gasteiger partial charge is 0.307 e. The van der Waals surface area contributed by atoms with E-state index in [-0.39, 0.29) is 5.41 Å². The van der Waals surface area contributed by atoms with Crippen molar-refractivity contribution in [3.8, 4) is 0 Å². The molecule has 1 aliphatic rings. The zero-order valence-electron chi connectivity index (χ0n) is 13.3. The number of nitrogens with one attached hydrogen (secondary N) is 1. The van der Waals surface area contributed by atoms with Crippen molar-refractivity contribution in [3.63, 3.8) is 0 Å². The normalized spacial score (nSPS) is 20.2. The van der Waals surface area contributed by atoms with E-state index in [4.69, 9.17) is 0 Å². The maximum absolute atomic E-state index is 3.67. The molecule has 4 rings (SSSR count). The molecule has 1 heterocycles. The molecule has 0 bridgehead atoms. The van der Waals surface area contributed by atoms with Gasteiger partial charge in [0, 0.05) is 12.1 Å². The van der Waals surface area contributed by atoms with Gasteiger partial charge in [-0.3, -0.25) is 0 Å². The summed E-state index contributed by atoms with van der Waals surface area (Å²) in [6.45, 7) is 2.27. The molecule has 0 aromatic heterocycles. The fourth-order valence-corrected chi connectivity index (χ4v) is 3.87. The van der Waals surface area contributed by atoms with E-state index in [0.717, 1.165) is 0 Å². The zero-order chi connectivity index (χ0) is 15.7. The van der Waals surface area contributed by atoms with E-state index in [1.807, 2.05) is 0 Å². The Kier molecular flexibility index (Phi) is 3.51. The number of hydrogen-bond acceptors (Lipinski definition) is 1. The summed E-state index contributed by atoms with van der Waals surface area (Å²) in [5.41, 5.74) is 3.89. The maximum Gasteiger partial charge on any atom is 0.0619 e. The van der Waals surface area contributed by atoms with E-state index < -0.39 is 0 Å². The second kappa shape index (κ2) is 5.68. The van der Waals surface area contributed by atoms with Gasteiger partial charge in [0.1, 0.15) is 0 Å². The van der Waals surface area contributed by atoms with E-state index in [9.17, 15) is 0 Å². The molecule has 1 aliphatic heterocycles. The van der Waals surface area contributed by atoms with Crippen molar-refractivity contribution >= 4 is 0 Å². The Morgan fingerprint density at radius 1 is 0.609 bits per heavy atom. The molecule has 1 N–H and O–H groups in total. The van der Waals surface area contributed by atoms with Gasteiger partial charge in [0.2, 0.25) is 0 Å². The third-order valence-electron chi connectivity index (χ3n) is 4.99. The lowest BCUT2D eigenvalue weighted by Gasteiger charge is -2.36. The molecule has 0 saturated carbocycles. The van der Waals surface area contributed by atoms with Crippen molar-refractivity contribution in [1.82, 2.24) is 5.32 Å². The topological polar surface area (TPSA) is 21.9 Å². The lowest BCUT2D eigenvalue weighted by atomic mass is 9.66. The average Bonchev–Trinajstić information content (AvgIpc) is 3.35. The van der Waals surface area contributed by atoms with Gasteiger partial charge in [0.15, 0.2) is 0 Å². The van der Waals surface area contributed by atoms with Crippen LogP contribution in [0.25, 0.3) is 0 Å². The van der Waals surface area contributed by atoms with Crippen LogP contribution in [-0.4, -0.2) is 12.1 Å². The summed E-state index contributed by atoms with van der Waals surface area (Å²) in [4.78, 5) is 0. The van der Waals surface area contributed by atoms with Crippen molar-refractivity contribution in [2.75, 3.05) is 0 Å². The first-order chi connectivity index (χ1) is 11.3. The molecule has 0 radical (unpaired) electrons. The fraction of sp³-hybridized carbons (Fsp3) is 0.182. The second-order valence-electron chi connectivity index (χ2n) is 6.34. The van der Waals surface area contributed by atoms with Gasteiger partial charge in [0.05, 0.1) is 5.41 Å². The summed E-state index contributed by atoms with van der Waals surface area (Å²) < 4.78 is 0. The monoisotopic (exact) mass is 299 g/mol. The van der Waals surface area contributed by atoms with Gasteiger partial charge >= 0.3 is 0 Å². The van der Waals surface area contributed by atoms with Crippen LogP contribution < -0.4 is 5.32 Å². The molecule has 0 aliphatic carbocycles. The highest BCUT2D eigenvalue weighted by atomic mass is 15.2. The number of rotatable bonds is 4. The Morgan fingerprint density at radius 3 is 1.17 bits per heavy atom. The van der Waals surface area contributed by atoms with Crippen LogP contribution in [0.15, 0.2) is 91.0 Å². The molecule has 114 valence electrons. The molecule has 0 amide bonds. The predicted octanol–water partition coefficient (Wildman–Crippen LogP) is 4.38. The van der Waals surface area contributed by atoms with Crippen LogP contribution in [-0.2, 0) is 5.41 Å². The van der Waals surface area contributed by atoms with Crippen LogP contribution >= 0.6 is 0 Å². The molecule has 0 unspecified atom stereocenters. The minimum Gasteiger partial charge on any atom is -0.307 e. The third-order valence-corrected chi connectivity index (χ3v) is 4.99. The van der Waals surface area contributed by atoms with E-state index in [2.05, 4.69) is 103 Å². The zero-order valence-corrected chi connectivity index (χ0v) is 13.3. The quantitative estimate of drug-likeness (QED) is 0.560. The van der Waals surface area contributed by atoms with Crippen LogP contribution in [0.3, 0.4) is 0 Å². The summed E-state index contributed by atoms with van der Waals surface area (Å²) in [5, 5.41) is 3.67. The molecule has 3 aromatic rings. The highest BCUT2D eigenvalue weighted by Crippen LogP contribution is 2.46. The molecular weight excluding hydrogens is 278 g/mol. The molecular formula is C22H21N. The maximum atomic E-state index is 3.67. The van der Waals surface area contributed by atoms with Gasteiger partial charge in [-0.25, -0.2) is 0 Å². The molecule has 23 heavy (non-hydrogen) atoms. The molecule has 1 nitrogen and oxygen atoms in total. The standard InChI is InChI=1S/C22H21N/c1-17-21(23-17)22(18-11-5-2-6-12-18,19-13-7-3-8-14-19)20-15-9-4-10-16-20/h2-17,21,23H,1H3/t17-,21+/m1/s1. The van der Waals surface area contributed by atoms with Crippen molar-refractivity contribution in [2.45, 2.75) is 24.4 Å². The predicted molar refractivity (Wildman–Crippen MR) is 95.6 cm³/mol. The van der Waals surface area contributed by atoms with Crippen LogP contribution in [0.4, 0.5) is 0 Å². The van der Waals surface area contributed by atoms with Gasteiger partial charge in [-0.2, -0.15) is 0 Å². The van der Waals surface area contributed by atoms with Crippen LogP contribution in [0.2, 0.25) is 0 Å². The van der Waals surface area contributed by atoms with E-state index in [1.165, 1.54) is 16.7 Å². The van der Waals surface area contributed by atoms with Gasteiger partial charge in [-0.05, 0) is 23.6 Å². The smallest absolute Gasteiger partial charge is 0.0619 e. The highest BCUT2D eigenvalue weighted by Gasteiger charge is 2.53. The fourth-order valence-electron chi connectivity index (χ4n) is 3.87. The molecule has 1 heteroatoms. The van der Waals surface area contributed by atoms with Crippen LogP contribution in [0.1, 0.15) is 23.6 Å². The molecule has 0 spiro atoms. The summed E-state index contributed by atoms with van der Waals surface area (Å²) in [6.07, 6.45) is 0. The Morgan fingerprint density at radius 2 is 0.913 bits per heavy atom. The van der Waals surface area contributed by atoms with Crippen LogP contribution in [0.5, 0.6) is 0 Å². The van der Waals surface area contributed by atoms with Crippen molar-refractivity contribution in [3.05, 3.63) is 108 Å². The summed E-state index contributed by atoms with van der Waals surface area (Å²) in [5.74, 6) is 0. The van der Waals surface area contributed by atoms with Gasteiger partial charge in [-0.1, -0.05) is 91.0 Å².